The molecule has 2 aliphatic rings. The number of carboxylic acid groups (broad SMARTS) is 1. The minimum atomic E-state index is -3.92. The van der Waals surface area contributed by atoms with E-state index in [9.17, 15) is 19.5 Å². The van der Waals surface area contributed by atoms with Crippen LogP contribution < -0.4 is 16.0 Å². The Kier molecular flexibility index (Phi) is 7.44. The first-order chi connectivity index (χ1) is 18.7. The molecule has 1 spiro atoms. The summed E-state index contributed by atoms with van der Waals surface area (Å²) in [6.45, 7) is 0. The molecule has 1 fully saturated rings. The van der Waals surface area contributed by atoms with Crippen LogP contribution in [0.1, 0.15) is 11.1 Å². The summed E-state index contributed by atoms with van der Waals surface area (Å²) < 4.78 is 32.7. The van der Waals surface area contributed by atoms with Crippen LogP contribution in [0.4, 0.5) is 20.2 Å². The van der Waals surface area contributed by atoms with Crippen LogP contribution in [0.5, 0.6) is 0 Å². The Labute approximate surface area is 250 Å². The van der Waals surface area contributed by atoms with Gasteiger partial charge in [0.05, 0.1) is 22.7 Å². The SMILES string of the molecule is O=C(Nc1cc(Cl)cc(Cl)c1)C1C(C(F)(F)c2cccc(Cl)c2)NC2(C(=O)Nc3c(Cl)cc(Cl)cc32)[C@@H]1C(=O)O. The molecule has 5 rings (SSSR count). The summed E-state index contributed by atoms with van der Waals surface area (Å²) in [5.41, 5.74) is -3.03. The smallest absolute Gasteiger partial charge is 0.310 e. The van der Waals surface area contributed by atoms with Crippen LogP contribution in [-0.4, -0.2) is 28.9 Å². The average molecular weight is 650 g/mol. The zero-order valence-electron chi connectivity index (χ0n) is 19.7. The van der Waals surface area contributed by atoms with Gasteiger partial charge in [0, 0.05) is 36.9 Å². The zero-order chi connectivity index (χ0) is 29.1. The fraction of sp³-hybridized carbons (Fsp3) is 0.192. The lowest BCUT2D eigenvalue weighted by atomic mass is 9.74. The molecule has 0 aromatic heterocycles. The molecular weight excluding hydrogens is 634 g/mol. The van der Waals surface area contributed by atoms with Crippen molar-refractivity contribution in [3.63, 3.8) is 0 Å². The van der Waals surface area contributed by atoms with Gasteiger partial charge in [-0.15, -0.1) is 0 Å². The van der Waals surface area contributed by atoms with E-state index in [0.717, 1.165) is 12.1 Å². The first kappa shape index (κ1) is 28.9. The van der Waals surface area contributed by atoms with Crippen LogP contribution in [0.25, 0.3) is 0 Å². The molecule has 7 nitrogen and oxygen atoms in total. The summed E-state index contributed by atoms with van der Waals surface area (Å²) in [4.78, 5) is 40.1. The fourth-order valence-corrected chi connectivity index (χ4v) is 6.63. The number of carbonyl (C=O) groups excluding carboxylic acids is 2. The summed E-state index contributed by atoms with van der Waals surface area (Å²) in [6.07, 6.45) is 0. The maximum atomic E-state index is 16.3. The number of carbonyl (C=O) groups is 3. The second-order valence-corrected chi connectivity index (χ2v) is 11.5. The minimum Gasteiger partial charge on any atom is -0.481 e. The monoisotopic (exact) mass is 647 g/mol. The van der Waals surface area contributed by atoms with Crippen molar-refractivity contribution in [2.45, 2.75) is 17.5 Å². The molecule has 208 valence electrons. The molecule has 0 radical (unpaired) electrons. The number of anilines is 2. The predicted octanol–water partition coefficient (Wildman–Crippen LogP) is 6.82. The molecule has 4 N–H and O–H groups in total. The number of hydrogen-bond donors (Lipinski definition) is 4. The van der Waals surface area contributed by atoms with E-state index in [1.807, 2.05) is 0 Å². The highest BCUT2D eigenvalue weighted by atomic mass is 35.5. The van der Waals surface area contributed by atoms with Crippen molar-refractivity contribution in [2.75, 3.05) is 10.6 Å². The Morgan fingerprint density at radius 1 is 0.925 bits per heavy atom. The van der Waals surface area contributed by atoms with E-state index >= 15 is 8.78 Å². The minimum absolute atomic E-state index is 0.0117. The van der Waals surface area contributed by atoms with Crippen molar-refractivity contribution in [1.82, 2.24) is 5.32 Å². The van der Waals surface area contributed by atoms with Crippen LogP contribution in [0, 0.1) is 11.8 Å². The first-order valence-electron chi connectivity index (χ1n) is 11.5. The van der Waals surface area contributed by atoms with Gasteiger partial charge in [-0.1, -0.05) is 70.1 Å². The van der Waals surface area contributed by atoms with Gasteiger partial charge in [-0.2, -0.15) is 8.78 Å². The maximum absolute atomic E-state index is 16.3. The molecule has 0 bridgehead atoms. The largest absolute Gasteiger partial charge is 0.481 e. The summed E-state index contributed by atoms with van der Waals surface area (Å²) in [6, 6.07) is 9.05. The Balaban J connectivity index is 1.72. The summed E-state index contributed by atoms with van der Waals surface area (Å²) in [5.74, 6) is -11.8. The lowest BCUT2D eigenvalue weighted by Crippen LogP contribution is -2.53. The zero-order valence-corrected chi connectivity index (χ0v) is 23.5. The standard InChI is InChI=1S/C26H16Cl5F2N3O4/c27-11-3-1-2-10(4-11)26(32,33)21-18(22(37)34-15-6-12(28)5-13(29)7-15)19(23(38)39)25(36-21)16-8-14(30)9-17(31)20(16)35-24(25)40/h1-9,18-19,21,36H,(H,34,37)(H,35,40)(H,38,39)/t18?,19-,21?,25?/m0/s1. The second-order valence-electron chi connectivity index (χ2n) is 9.32. The molecule has 1 saturated heterocycles. The van der Waals surface area contributed by atoms with Gasteiger partial charge in [0.2, 0.25) is 11.8 Å². The third-order valence-electron chi connectivity index (χ3n) is 6.94. The molecular formula is C26H16Cl5F2N3O4. The number of hydrogen-bond acceptors (Lipinski definition) is 4. The number of fused-ring (bicyclic) bond motifs is 2. The number of halogens is 7. The van der Waals surface area contributed by atoms with Gasteiger partial charge in [-0.25, -0.2) is 0 Å². The van der Waals surface area contributed by atoms with E-state index in [1.54, 1.807) is 0 Å². The molecule has 2 aliphatic heterocycles. The van der Waals surface area contributed by atoms with Gasteiger partial charge >= 0.3 is 5.97 Å². The van der Waals surface area contributed by atoms with Crippen LogP contribution in [0.3, 0.4) is 0 Å². The van der Waals surface area contributed by atoms with Crippen LogP contribution in [0.15, 0.2) is 54.6 Å². The van der Waals surface area contributed by atoms with E-state index in [2.05, 4.69) is 16.0 Å². The van der Waals surface area contributed by atoms with E-state index in [4.69, 9.17) is 58.0 Å². The van der Waals surface area contributed by atoms with Crippen molar-refractivity contribution >= 4 is 87.2 Å². The lowest BCUT2D eigenvalue weighted by Gasteiger charge is -2.29. The van der Waals surface area contributed by atoms with E-state index in [1.165, 1.54) is 42.5 Å². The molecule has 3 unspecified atom stereocenters. The summed E-state index contributed by atoms with van der Waals surface area (Å²) >= 11 is 30.4. The predicted molar refractivity (Wildman–Crippen MR) is 149 cm³/mol. The number of alkyl halides is 2. The van der Waals surface area contributed by atoms with E-state index < -0.39 is 52.7 Å². The van der Waals surface area contributed by atoms with Crippen molar-refractivity contribution in [3.05, 3.63) is 90.8 Å². The highest BCUT2D eigenvalue weighted by Crippen LogP contribution is 2.55. The Morgan fingerprint density at radius 2 is 1.57 bits per heavy atom. The van der Waals surface area contributed by atoms with Gasteiger partial charge in [0.15, 0.2) is 0 Å². The van der Waals surface area contributed by atoms with Gasteiger partial charge in [0.25, 0.3) is 5.92 Å². The van der Waals surface area contributed by atoms with Gasteiger partial charge in [-0.05, 0) is 42.5 Å². The molecule has 3 aromatic rings. The Bertz CT molecular complexity index is 1570. The average Bonchev–Trinajstić information content (AvgIpc) is 3.36. The number of aliphatic carboxylic acids is 1. The number of nitrogens with one attached hydrogen (secondary N) is 3. The number of benzene rings is 3. The van der Waals surface area contributed by atoms with Crippen LogP contribution >= 0.6 is 58.0 Å². The lowest BCUT2D eigenvalue weighted by molar-refractivity contribution is -0.151. The first-order valence-corrected chi connectivity index (χ1v) is 13.4. The fourth-order valence-electron chi connectivity index (χ4n) is 5.37. The third kappa shape index (κ3) is 4.68. The van der Waals surface area contributed by atoms with Crippen molar-refractivity contribution in [3.8, 4) is 0 Å². The summed E-state index contributed by atoms with van der Waals surface area (Å²) in [7, 11) is 0. The highest BCUT2D eigenvalue weighted by Gasteiger charge is 2.71. The normalized spacial score (nSPS) is 23.7. The molecule has 14 heteroatoms. The Morgan fingerprint density at radius 3 is 2.20 bits per heavy atom. The van der Waals surface area contributed by atoms with Crippen LogP contribution in [0.2, 0.25) is 25.1 Å². The molecule has 0 aliphatic carbocycles. The van der Waals surface area contributed by atoms with E-state index in [0.29, 0.717) is 0 Å². The molecule has 4 atom stereocenters. The van der Waals surface area contributed by atoms with Crippen molar-refractivity contribution in [1.29, 1.82) is 0 Å². The van der Waals surface area contributed by atoms with Crippen molar-refractivity contribution in [2.24, 2.45) is 11.8 Å². The van der Waals surface area contributed by atoms with Crippen LogP contribution in [-0.2, 0) is 25.8 Å². The molecule has 40 heavy (non-hydrogen) atoms. The van der Waals surface area contributed by atoms with Gasteiger partial charge in [-0.3, -0.25) is 19.7 Å². The van der Waals surface area contributed by atoms with Crippen molar-refractivity contribution < 1.29 is 28.3 Å². The number of rotatable bonds is 5. The number of amides is 2. The molecule has 3 aromatic carbocycles. The summed E-state index contributed by atoms with van der Waals surface area (Å²) in [5, 5.41) is 18.1. The quantitative estimate of drug-likeness (QED) is 0.243. The molecule has 2 heterocycles. The topological polar surface area (TPSA) is 108 Å². The maximum Gasteiger partial charge on any atom is 0.310 e. The molecule has 0 saturated carbocycles. The number of carboxylic acids is 1. The Hall–Kier alpha value is -2.66. The van der Waals surface area contributed by atoms with Gasteiger partial charge < -0.3 is 15.7 Å². The highest BCUT2D eigenvalue weighted by molar-refractivity contribution is 6.38. The van der Waals surface area contributed by atoms with Gasteiger partial charge in [0.1, 0.15) is 11.5 Å². The third-order valence-corrected chi connectivity index (χ3v) is 8.13. The second kappa shape index (κ2) is 10.3. The van der Waals surface area contributed by atoms with E-state index in [-0.39, 0.29) is 42.1 Å². The molecule has 2 amide bonds.